The first-order valence-corrected chi connectivity index (χ1v) is 30.4. The van der Waals surface area contributed by atoms with Crippen molar-refractivity contribution in [3.63, 3.8) is 0 Å². The number of halogens is 2. The Bertz CT molecular complexity index is 4720. The quantitative estimate of drug-likeness (QED) is 0.137. The summed E-state index contributed by atoms with van der Waals surface area (Å²) in [5, 5.41) is 39.1. The third kappa shape index (κ3) is 13.9. The summed E-state index contributed by atoms with van der Waals surface area (Å²) in [6.45, 7) is 1.70. The average molecular weight is 1300 g/mol. The van der Waals surface area contributed by atoms with Crippen LogP contribution in [0.15, 0.2) is 294 Å². The van der Waals surface area contributed by atoms with Crippen LogP contribution in [0, 0.1) is 0 Å². The molecule has 14 aromatic rings. The van der Waals surface area contributed by atoms with Gasteiger partial charge < -0.3 is 43.7 Å². The van der Waals surface area contributed by atoms with E-state index in [2.05, 4.69) is 98.6 Å². The number of fused-ring (bicyclic) bond motifs is 7. The molecule has 0 bridgehead atoms. The molecule has 0 fully saturated rings. The first-order valence-electron chi connectivity index (χ1n) is 28.8. The van der Waals surface area contributed by atoms with Crippen molar-refractivity contribution in [3.8, 4) is 74.0 Å². The zero-order valence-corrected chi connectivity index (χ0v) is 51.2. The summed E-state index contributed by atoms with van der Waals surface area (Å²) in [6.07, 6.45) is 0. The minimum atomic E-state index is 0.273. The van der Waals surface area contributed by atoms with E-state index in [9.17, 15) is 15.3 Å². The van der Waals surface area contributed by atoms with Gasteiger partial charge in [0.1, 0.15) is 42.0 Å². The molecule has 0 atom stereocenters. The second kappa shape index (κ2) is 27.9. The van der Waals surface area contributed by atoms with Crippen molar-refractivity contribution in [3.05, 3.63) is 305 Å². The summed E-state index contributed by atoms with van der Waals surface area (Å²) in [5.74, 6) is 5.91. The minimum Gasteiger partial charge on any atom is -0.507 e. The van der Waals surface area contributed by atoms with Gasteiger partial charge in [-0.25, -0.2) is 0 Å². The van der Waals surface area contributed by atoms with Gasteiger partial charge in [-0.15, -0.1) is 0 Å². The Morgan fingerprint density at radius 2 is 0.652 bits per heavy atom. The van der Waals surface area contributed by atoms with Gasteiger partial charge in [-0.1, -0.05) is 250 Å². The number of hydrogen-bond donors (Lipinski definition) is 3. The number of hydrogen-bond acceptors (Lipinski definition) is 9. The van der Waals surface area contributed by atoms with Crippen LogP contribution in [0.1, 0.15) is 11.1 Å². The van der Waals surface area contributed by atoms with Crippen LogP contribution in [0.2, 0.25) is 0 Å². The maximum absolute atomic E-state index is 9.95. The van der Waals surface area contributed by atoms with Gasteiger partial charge in [0, 0.05) is 35.9 Å². The SMILES string of the molecule is Brc1ccc(OCc2ccccc2)c2ccccc12.Oc1ccc(-c2ccc3c(c2)OCO3)c2ccccc12.Oc1ccc(Br)c2ccccc12.Oc1cccc2ccccc12.c1ccc(COc2ccc(-c3ccc4c(c3)OCO4)c3ccccc23)cc1. The molecule has 9 nitrogen and oxygen atoms in total. The molecule has 2 heterocycles. The third-order valence-corrected chi connectivity index (χ3v) is 16.5. The van der Waals surface area contributed by atoms with Crippen molar-refractivity contribution in [1.29, 1.82) is 0 Å². The fraction of sp³-hybridized carbons (Fsp3) is 0.0513. The lowest BCUT2D eigenvalue weighted by Gasteiger charge is -2.13. The number of phenolic OH excluding ortho intramolecular Hbond substituents is 3. The van der Waals surface area contributed by atoms with E-state index in [0.717, 1.165) is 120 Å². The fourth-order valence-electron chi connectivity index (χ4n) is 10.6. The second-order valence-electron chi connectivity index (χ2n) is 20.7. The molecule has 0 saturated heterocycles. The highest BCUT2D eigenvalue weighted by Gasteiger charge is 2.18. The molecule has 14 aromatic carbocycles. The van der Waals surface area contributed by atoms with Gasteiger partial charge >= 0.3 is 0 Å². The Hall–Kier alpha value is -10.5. The maximum atomic E-state index is 9.95. The van der Waals surface area contributed by atoms with E-state index in [-0.39, 0.29) is 13.6 Å². The second-order valence-corrected chi connectivity index (χ2v) is 22.4. The maximum Gasteiger partial charge on any atom is 0.231 e. The van der Waals surface area contributed by atoms with Crippen LogP contribution in [-0.4, -0.2) is 28.9 Å². The minimum absolute atomic E-state index is 0.273. The van der Waals surface area contributed by atoms with Crippen molar-refractivity contribution in [1.82, 2.24) is 0 Å². The Morgan fingerprint density at radius 1 is 0.292 bits per heavy atom. The highest BCUT2D eigenvalue weighted by atomic mass is 79.9. The smallest absolute Gasteiger partial charge is 0.231 e. The molecule has 0 aliphatic carbocycles. The monoisotopic (exact) mass is 1300 g/mol. The van der Waals surface area contributed by atoms with Gasteiger partial charge in [-0.05, 0) is 127 Å². The topological polar surface area (TPSA) is 116 Å². The van der Waals surface area contributed by atoms with E-state index in [1.54, 1.807) is 18.2 Å². The van der Waals surface area contributed by atoms with Crippen molar-refractivity contribution in [2.75, 3.05) is 13.6 Å². The van der Waals surface area contributed by atoms with Crippen LogP contribution in [-0.2, 0) is 13.2 Å². The normalized spacial score (nSPS) is 11.5. The third-order valence-electron chi connectivity index (χ3n) is 15.1. The molecule has 89 heavy (non-hydrogen) atoms. The number of aromatic hydroxyl groups is 3. The van der Waals surface area contributed by atoms with Crippen molar-refractivity contribution < 1.29 is 43.7 Å². The fourth-order valence-corrected chi connectivity index (χ4v) is 11.6. The van der Waals surface area contributed by atoms with Gasteiger partial charge in [0.2, 0.25) is 13.6 Å². The van der Waals surface area contributed by atoms with E-state index in [1.807, 2.05) is 200 Å². The Labute approximate surface area is 532 Å². The lowest BCUT2D eigenvalue weighted by molar-refractivity contribution is 0.173. The van der Waals surface area contributed by atoms with Crippen LogP contribution in [0.5, 0.6) is 51.7 Å². The first-order chi connectivity index (χ1) is 43.7. The molecule has 2 aliphatic heterocycles. The summed E-state index contributed by atoms with van der Waals surface area (Å²) in [4.78, 5) is 0. The molecule has 16 rings (SSSR count). The highest BCUT2D eigenvalue weighted by molar-refractivity contribution is 9.11. The summed E-state index contributed by atoms with van der Waals surface area (Å²) in [5.41, 5.74) is 6.69. The molecular weight excluding hydrogens is 1240 g/mol. The van der Waals surface area contributed by atoms with E-state index < -0.39 is 0 Å². The zero-order valence-electron chi connectivity index (χ0n) is 48.0. The molecule has 0 spiro atoms. The molecule has 438 valence electrons. The molecule has 0 amide bonds. The summed E-state index contributed by atoms with van der Waals surface area (Å²) in [6, 6.07) is 93.2. The van der Waals surface area contributed by atoms with Gasteiger partial charge in [0.05, 0.1) is 0 Å². The van der Waals surface area contributed by atoms with Crippen molar-refractivity contribution in [2.24, 2.45) is 0 Å². The van der Waals surface area contributed by atoms with Gasteiger partial charge in [0.25, 0.3) is 0 Å². The van der Waals surface area contributed by atoms with Crippen molar-refractivity contribution in [2.45, 2.75) is 13.2 Å². The average Bonchev–Trinajstić information content (AvgIpc) is 4.07. The lowest BCUT2D eigenvalue weighted by Crippen LogP contribution is -1.96. The van der Waals surface area contributed by atoms with Crippen LogP contribution in [0.4, 0.5) is 0 Å². The van der Waals surface area contributed by atoms with E-state index in [4.69, 9.17) is 28.4 Å². The zero-order chi connectivity index (χ0) is 60.9. The van der Waals surface area contributed by atoms with Gasteiger partial charge in [-0.3, -0.25) is 0 Å². The van der Waals surface area contributed by atoms with Crippen LogP contribution in [0.25, 0.3) is 76.1 Å². The predicted molar refractivity (Wildman–Crippen MR) is 365 cm³/mol. The summed E-state index contributed by atoms with van der Waals surface area (Å²) in [7, 11) is 0. The molecule has 0 unspecified atom stereocenters. The van der Waals surface area contributed by atoms with Gasteiger partial charge in [0.15, 0.2) is 23.0 Å². The number of phenols is 3. The number of ether oxygens (including phenoxy) is 6. The molecule has 11 heteroatoms. The van der Waals surface area contributed by atoms with E-state index in [1.165, 1.54) is 10.9 Å². The number of benzene rings is 14. The Balaban J connectivity index is 0.000000112. The molecule has 2 aliphatic rings. The largest absolute Gasteiger partial charge is 0.507 e. The predicted octanol–water partition coefficient (Wildman–Crippen LogP) is 20.8. The number of rotatable bonds is 8. The van der Waals surface area contributed by atoms with E-state index in [0.29, 0.717) is 30.5 Å². The Morgan fingerprint density at radius 3 is 1.18 bits per heavy atom. The molecule has 0 saturated carbocycles. The Kier molecular flexibility index (Phi) is 18.5. The van der Waals surface area contributed by atoms with Crippen LogP contribution in [0.3, 0.4) is 0 Å². The van der Waals surface area contributed by atoms with Gasteiger partial charge in [-0.2, -0.15) is 0 Å². The molecular formula is C78H58Br2O9. The molecule has 0 aromatic heterocycles. The first kappa shape index (κ1) is 58.9. The molecule has 3 N–H and O–H groups in total. The van der Waals surface area contributed by atoms with Crippen molar-refractivity contribution >= 4 is 85.7 Å². The van der Waals surface area contributed by atoms with Crippen LogP contribution < -0.4 is 28.4 Å². The summed E-state index contributed by atoms with van der Waals surface area (Å²) >= 11 is 6.99. The molecule has 0 radical (unpaired) electrons. The standard InChI is InChI=1S/C24H18O3.C17H13BrO.C17H12O3.C10H7BrO.C10H8O/c1-2-6-17(7-3-1)15-25-22-13-11-19(20-8-4-5-9-21(20)22)18-10-12-23-24(14-18)27-16-26-23;18-16-10-11-17(15-9-5-4-8-14(15)16)19-12-13-6-2-1-3-7-13;18-15-7-6-12(13-3-1-2-4-14(13)15)11-5-8-16-17(9-11)20-10-19-16;11-9-5-6-10(12)8-4-2-1-3-7(8)9;11-10-7-3-5-8-4-1-2-6-9(8)10/h1-14H,15-16H2;1-11H,12H2;1-9,18H,10H2;1-6,12H;1-7,11H. The highest BCUT2D eigenvalue weighted by Crippen LogP contribution is 2.42. The van der Waals surface area contributed by atoms with Crippen LogP contribution >= 0.6 is 31.9 Å². The van der Waals surface area contributed by atoms with E-state index >= 15 is 0 Å². The lowest BCUT2D eigenvalue weighted by atomic mass is 9.97. The summed E-state index contributed by atoms with van der Waals surface area (Å²) < 4.78 is 35.9.